The Morgan fingerprint density at radius 2 is 2.15 bits per heavy atom. The molecule has 3 aliphatic rings. The summed E-state index contributed by atoms with van der Waals surface area (Å²) in [6.45, 7) is 12.0. The third-order valence-corrected chi connectivity index (χ3v) is 6.37. The summed E-state index contributed by atoms with van der Waals surface area (Å²) in [6, 6.07) is 0.193. The van der Waals surface area contributed by atoms with E-state index in [1.807, 2.05) is 20.9 Å². The van der Waals surface area contributed by atoms with E-state index in [9.17, 15) is 14.7 Å². The van der Waals surface area contributed by atoms with E-state index in [0.29, 0.717) is 0 Å². The second-order valence-electron chi connectivity index (χ2n) is 8.28. The lowest BCUT2D eigenvalue weighted by Gasteiger charge is -2.47. The first kappa shape index (κ1) is 19.1. The monoisotopic (exact) mass is 361 g/mol. The maximum atomic E-state index is 12.6. The molecule has 5 atom stereocenters. The molecule has 2 unspecified atom stereocenters. The van der Waals surface area contributed by atoms with Crippen molar-refractivity contribution in [1.82, 2.24) is 15.5 Å². The molecule has 144 valence electrons. The normalized spacial score (nSPS) is 34.1. The molecule has 3 aliphatic heterocycles. The Kier molecular flexibility index (Phi) is 5.26. The number of carbonyl (C=O) groups is 2. The lowest BCUT2D eigenvalue weighted by Crippen LogP contribution is -2.62. The summed E-state index contributed by atoms with van der Waals surface area (Å²) in [4.78, 5) is 26.2. The highest BCUT2D eigenvalue weighted by molar-refractivity contribution is 5.99. The summed E-state index contributed by atoms with van der Waals surface area (Å²) < 4.78 is 0. The Morgan fingerprint density at radius 3 is 2.73 bits per heavy atom. The number of hydrogen-bond donors (Lipinski definition) is 3. The largest absolute Gasteiger partial charge is 0.477 e. The fraction of sp³-hybridized carbons (Fsp3) is 0.700. The quantitative estimate of drug-likeness (QED) is 0.495. The highest BCUT2D eigenvalue weighted by Crippen LogP contribution is 2.51. The molecule has 6 heteroatoms. The van der Waals surface area contributed by atoms with Gasteiger partial charge in [0.2, 0.25) is 5.91 Å². The molecule has 0 aromatic rings. The van der Waals surface area contributed by atoms with Crippen molar-refractivity contribution >= 4 is 11.9 Å². The second-order valence-corrected chi connectivity index (χ2v) is 8.28. The van der Waals surface area contributed by atoms with Crippen molar-refractivity contribution in [3.05, 3.63) is 23.4 Å². The van der Waals surface area contributed by atoms with E-state index in [1.165, 1.54) is 0 Å². The number of carboxylic acid groups (broad SMARTS) is 1. The Morgan fingerprint density at radius 1 is 1.46 bits per heavy atom. The molecule has 3 heterocycles. The van der Waals surface area contributed by atoms with E-state index in [4.69, 9.17) is 0 Å². The molecular formula is C20H31N3O3. The first-order chi connectivity index (χ1) is 12.3. The molecule has 1 amide bonds. The van der Waals surface area contributed by atoms with E-state index in [0.717, 1.165) is 37.1 Å². The van der Waals surface area contributed by atoms with Crippen LogP contribution in [0.25, 0.3) is 0 Å². The number of amides is 1. The molecule has 0 aromatic heterocycles. The maximum Gasteiger partial charge on any atom is 0.352 e. The average molecular weight is 361 g/mol. The number of carbonyl (C=O) groups excluding carboxylic acids is 1. The lowest BCUT2D eigenvalue weighted by atomic mass is 9.71. The fourth-order valence-corrected chi connectivity index (χ4v) is 5.20. The van der Waals surface area contributed by atoms with Crippen LogP contribution >= 0.6 is 0 Å². The molecule has 3 rings (SSSR count). The topological polar surface area (TPSA) is 81.7 Å². The lowest BCUT2D eigenvalue weighted by molar-refractivity contribution is -0.159. The van der Waals surface area contributed by atoms with Crippen molar-refractivity contribution < 1.29 is 14.7 Å². The summed E-state index contributed by atoms with van der Waals surface area (Å²) in [5.41, 5.74) is 2.33. The minimum atomic E-state index is -0.964. The predicted octanol–water partition coefficient (Wildman–Crippen LogP) is 1.60. The van der Waals surface area contributed by atoms with E-state index in [2.05, 4.69) is 24.1 Å². The van der Waals surface area contributed by atoms with E-state index in [1.54, 1.807) is 4.90 Å². The molecule has 3 N–H and O–H groups in total. The summed E-state index contributed by atoms with van der Waals surface area (Å²) in [6.07, 6.45) is 1.75. The van der Waals surface area contributed by atoms with Gasteiger partial charge in [-0.15, -0.1) is 0 Å². The molecule has 0 aromatic carbocycles. The van der Waals surface area contributed by atoms with Crippen molar-refractivity contribution in [3.63, 3.8) is 0 Å². The van der Waals surface area contributed by atoms with Crippen molar-refractivity contribution in [2.75, 3.05) is 20.1 Å². The minimum Gasteiger partial charge on any atom is -0.477 e. The zero-order chi connectivity index (χ0) is 19.2. The predicted molar refractivity (Wildman–Crippen MR) is 100 cm³/mol. The third kappa shape index (κ3) is 2.89. The Bertz CT molecular complexity index is 655. The van der Waals surface area contributed by atoms with Crippen LogP contribution in [0.15, 0.2) is 23.4 Å². The van der Waals surface area contributed by atoms with Gasteiger partial charge in [0.1, 0.15) is 5.70 Å². The van der Waals surface area contributed by atoms with Gasteiger partial charge < -0.3 is 20.6 Å². The zero-order valence-corrected chi connectivity index (χ0v) is 16.2. The van der Waals surface area contributed by atoms with Crippen LogP contribution in [0.1, 0.15) is 33.6 Å². The van der Waals surface area contributed by atoms with Crippen LogP contribution in [0.3, 0.4) is 0 Å². The number of aliphatic carboxylic acids is 1. The minimum absolute atomic E-state index is 0.0115. The van der Waals surface area contributed by atoms with Crippen molar-refractivity contribution in [2.24, 2.45) is 23.7 Å². The van der Waals surface area contributed by atoms with Gasteiger partial charge in [-0.05, 0) is 49.4 Å². The Labute approximate surface area is 155 Å². The number of piperidine rings is 1. The number of fused-ring (bicyclic) bond motifs is 1. The summed E-state index contributed by atoms with van der Waals surface area (Å²) >= 11 is 0. The second kappa shape index (κ2) is 7.16. The molecule has 6 nitrogen and oxygen atoms in total. The standard InChI is InChI=1S/C20H31N3O3/c1-10(2)15-17-12(4)16(18(20(25)26)23(17)19(15)24)13-6-7-22-14(8-13)11(3)9-21-5/h10,12-15,17,21-22H,3,6-9H2,1-2,4-5H3,(H,25,26)/t12-,13?,14-,15?,17+/m0/s1. The number of hydrogen-bond acceptors (Lipinski definition) is 4. The summed E-state index contributed by atoms with van der Waals surface area (Å²) in [5.74, 6) is -0.525. The molecule has 0 radical (unpaired) electrons. The number of carboxylic acids is 1. The van der Waals surface area contributed by atoms with Gasteiger partial charge in [0.15, 0.2) is 0 Å². The molecule has 0 saturated carbocycles. The van der Waals surface area contributed by atoms with Crippen molar-refractivity contribution in [3.8, 4) is 0 Å². The van der Waals surface area contributed by atoms with Crippen LogP contribution in [0.2, 0.25) is 0 Å². The molecule has 0 aliphatic carbocycles. The number of rotatable bonds is 6. The first-order valence-corrected chi connectivity index (χ1v) is 9.65. The molecule has 0 bridgehead atoms. The van der Waals surface area contributed by atoms with Crippen LogP contribution in [0, 0.1) is 23.7 Å². The van der Waals surface area contributed by atoms with Gasteiger partial charge >= 0.3 is 5.97 Å². The van der Waals surface area contributed by atoms with Crippen molar-refractivity contribution in [1.29, 1.82) is 0 Å². The Hall–Kier alpha value is -1.66. The SMILES string of the molecule is C=C(CNC)[C@@H]1CC(C2=C(C(=O)O)N3C(=O)C(C(C)C)[C@H]3[C@H]2C)CCN1. The van der Waals surface area contributed by atoms with Gasteiger partial charge in [-0.1, -0.05) is 27.4 Å². The third-order valence-electron chi connectivity index (χ3n) is 6.37. The highest BCUT2D eigenvalue weighted by atomic mass is 16.4. The number of nitrogens with zero attached hydrogens (tertiary/aromatic N) is 1. The summed E-state index contributed by atoms with van der Waals surface area (Å²) in [5, 5.41) is 16.5. The highest BCUT2D eigenvalue weighted by Gasteiger charge is 2.59. The van der Waals surface area contributed by atoms with Crippen LogP contribution in [-0.2, 0) is 9.59 Å². The van der Waals surface area contributed by atoms with Gasteiger partial charge in [0.25, 0.3) is 0 Å². The molecule has 2 saturated heterocycles. The molecule has 2 fully saturated rings. The van der Waals surface area contributed by atoms with Gasteiger partial charge in [-0.2, -0.15) is 0 Å². The van der Waals surface area contributed by atoms with Crippen LogP contribution < -0.4 is 10.6 Å². The van der Waals surface area contributed by atoms with Gasteiger partial charge in [-0.25, -0.2) is 4.79 Å². The number of β-lactam (4-membered cyclic amide) rings is 1. The number of likely N-dealkylation sites (N-methyl/N-ethyl adjacent to an activating group) is 1. The molecule has 0 spiro atoms. The average Bonchev–Trinajstić information content (AvgIpc) is 2.84. The summed E-state index contributed by atoms with van der Waals surface area (Å²) in [7, 11) is 1.90. The maximum absolute atomic E-state index is 12.6. The number of nitrogens with one attached hydrogen (secondary N) is 2. The Balaban J connectivity index is 1.89. The molecule has 26 heavy (non-hydrogen) atoms. The van der Waals surface area contributed by atoms with Gasteiger partial charge in [-0.3, -0.25) is 4.79 Å². The first-order valence-electron chi connectivity index (χ1n) is 9.65. The van der Waals surface area contributed by atoms with E-state index >= 15 is 0 Å². The fourth-order valence-electron chi connectivity index (χ4n) is 5.20. The van der Waals surface area contributed by atoms with E-state index < -0.39 is 5.97 Å². The van der Waals surface area contributed by atoms with Crippen LogP contribution in [0.4, 0.5) is 0 Å². The van der Waals surface area contributed by atoms with E-state index in [-0.39, 0.29) is 47.4 Å². The molecular weight excluding hydrogens is 330 g/mol. The van der Waals surface area contributed by atoms with Crippen LogP contribution in [-0.4, -0.2) is 54.1 Å². The smallest absolute Gasteiger partial charge is 0.352 e. The van der Waals surface area contributed by atoms with Crippen LogP contribution in [0.5, 0.6) is 0 Å². The van der Waals surface area contributed by atoms with Gasteiger partial charge in [0, 0.05) is 18.5 Å². The zero-order valence-electron chi connectivity index (χ0n) is 16.2. The van der Waals surface area contributed by atoms with Gasteiger partial charge in [0.05, 0.1) is 12.0 Å². The van der Waals surface area contributed by atoms with Crippen molar-refractivity contribution in [2.45, 2.75) is 45.7 Å².